The fourth-order valence-corrected chi connectivity index (χ4v) is 5.38. The number of amides is 1. The second-order valence-electron chi connectivity index (χ2n) is 7.36. The molecule has 2 aromatic carbocycles. The fraction of sp³-hybridized carbons (Fsp3) is 0.261. The summed E-state index contributed by atoms with van der Waals surface area (Å²) in [5.74, 6) is 0.664. The summed E-state index contributed by atoms with van der Waals surface area (Å²) in [6.45, 7) is 1.47. The zero-order chi connectivity index (χ0) is 21.8. The molecule has 3 aromatic rings. The SMILES string of the molecule is COc1ccc2c(c1)CN(C(=O)c1ccc(S(=O)(=O)NCCc3cccs3)cc1)CC2. The Bertz CT molecular complexity index is 1160. The summed E-state index contributed by atoms with van der Waals surface area (Å²) in [5.41, 5.74) is 2.77. The van der Waals surface area contributed by atoms with Crippen LogP contribution < -0.4 is 9.46 Å². The second-order valence-corrected chi connectivity index (χ2v) is 10.2. The van der Waals surface area contributed by atoms with Gasteiger partial charge < -0.3 is 9.64 Å². The molecule has 1 aliphatic rings. The van der Waals surface area contributed by atoms with Crippen molar-refractivity contribution in [1.29, 1.82) is 0 Å². The molecule has 0 saturated carbocycles. The quantitative estimate of drug-likeness (QED) is 0.591. The Morgan fingerprint density at radius 3 is 2.65 bits per heavy atom. The smallest absolute Gasteiger partial charge is 0.254 e. The Morgan fingerprint density at radius 2 is 1.94 bits per heavy atom. The first-order valence-electron chi connectivity index (χ1n) is 10.0. The van der Waals surface area contributed by atoms with Crippen molar-refractivity contribution in [3.05, 3.63) is 81.5 Å². The lowest BCUT2D eigenvalue weighted by molar-refractivity contribution is 0.0734. The number of nitrogens with one attached hydrogen (secondary N) is 1. The third-order valence-corrected chi connectivity index (χ3v) is 7.78. The highest BCUT2D eigenvalue weighted by Gasteiger charge is 2.23. The molecule has 6 nitrogen and oxygen atoms in total. The molecular weight excluding hydrogens is 432 g/mol. The third kappa shape index (κ3) is 4.98. The molecule has 0 radical (unpaired) electrons. The Morgan fingerprint density at radius 1 is 1.13 bits per heavy atom. The van der Waals surface area contributed by atoms with Crippen LogP contribution in [0.3, 0.4) is 0 Å². The van der Waals surface area contributed by atoms with Crippen LogP contribution in [0.4, 0.5) is 0 Å². The highest BCUT2D eigenvalue weighted by molar-refractivity contribution is 7.89. The van der Waals surface area contributed by atoms with Gasteiger partial charge in [0.2, 0.25) is 10.0 Å². The maximum absolute atomic E-state index is 13.0. The van der Waals surface area contributed by atoms with E-state index in [1.54, 1.807) is 35.5 Å². The molecule has 1 N–H and O–H groups in total. The lowest BCUT2D eigenvalue weighted by Gasteiger charge is -2.29. The van der Waals surface area contributed by atoms with Crippen molar-refractivity contribution < 1.29 is 17.9 Å². The zero-order valence-electron chi connectivity index (χ0n) is 17.2. The number of hydrogen-bond donors (Lipinski definition) is 1. The van der Waals surface area contributed by atoms with E-state index in [0.717, 1.165) is 22.6 Å². The van der Waals surface area contributed by atoms with Crippen molar-refractivity contribution in [2.75, 3.05) is 20.2 Å². The summed E-state index contributed by atoms with van der Waals surface area (Å²) in [4.78, 5) is 16.0. The Kier molecular flexibility index (Phi) is 6.41. The molecule has 0 fully saturated rings. The van der Waals surface area contributed by atoms with Crippen LogP contribution in [0, 0.1) is 0 Å². The topological polar surface area (TPSA) is 75.7 Å². The maximum Gasteiger partial charge on any atom is 0.254 e. The standard InChI is InChI=1S/C23H24N2O4S2/c1-29-20-7-4-17-11-13-25(16-19(17)15-20)23(26)18-5-8-22(9-6-18)31(27,28)24-12-10-21-3-2-14-30-21/h2-9,14-15,24H,10-13,16H2,1H3. The van der Waals surface area contributed by atoms with E-state index in [2.05, 4.69) is 4.72 Å². The predicted molar refractivity (Wildman–Crippen MR) is 121 cm³/mol. The number of carbonyl (C=O) groups is 1. The number of benzene rings is 2. The fourth-order valence-electron chi connectivity index (χ4n) is 3.64. The lowest BCUT2D eigenvalue weighted by Crippen LogP contribution is -2.36. The van der Waals surface area contributed by atoms with Crippen molar-refractivity contribution in [2.24, 2.45) is 0 Å². The zero-order valence-corrected chi connectivity index (χ0v) is 18.8. The summed E-state index contributed by atoms with van der Waals surface area (Å²) < 4.78 is 33.0. The number of fused-ring (bicyclic) bond motifs is 1. The van der Waals surface area contributed by atoms with Crippen molar-refractivity contribution >= 4 is 27.3 Å². The van der Waals surface area contributed by atoms with Crippen LogP contribution in [0.1, 0.15) is 26.4 Å². The summed E-state index contributed by atoms with van der Waals surface area (Å²) in [5, 5.41) is 1.97. The molecule has 4 rings (SSSR count). The number of hydrogen-bond acceptors (Lipinski definition) is 5. The molecule has 1 aliphatic heterocycles. The van der Waals surface area contributed by atoms with Gasteiger partial charge in [-0.3, -0.25) is 4.79 Å². The lowest BCUT2D eigenvalue weighted by atomic mass is 9.99. The van der Waals surface area contributed by atoms with Gasteiger partial charge >= 0.3 is 0 Å². The van der Waals surface area contributed by atoms with Crippen molar-refractivity contribution in [3.8, 4) is 5.75 Å². The van der Waals surface area contributed by atoms with Gasteiger partial charge in [0.15, 0.2) is 0 Å². The number of rotatable bonds is 7. The van der Waals surface area contributed by atoms with E-state index in [9.17, 15) is 13.2 Å². The number of thiophene rings is 1. The van der Waals surface area contributed by atoms with E-state index >= 15 is 0 Å². The van der Waals surface area contributed by atoms with Gasteiger partial charge in [-0.25, -0.2) is 13.1 Å². The molecule has 0 bridgehead atoms. The van der Waals surface area contributed by atoms with E-state index in [1.165, 1.54) is 17.7 Å². The van der Waals surface area contributed by atoms with Gasteiger partial charge in [-0.2, -0.15) is 0 Å². The van der Waals surface area contributed by atoms with Crippen molar-refractivity contribution in [1.82, 2.24) is 9.62 Å². The normalized spacial score (nSPS) is 13.6. The first-order valence-corrected chi connectivity index (χ1v) is 12.4. The Hall–Kier alpha value is -2.68. The van der Waals surface area contributed by atoms with Crippen LogP contribution in [-0.2, 0) is 29.4 Å². The van der Waals surface area contributed by atoms with E-state index in [-0.39, 0.29) is 10.8 Å². The van der Waals surface area contributed by atoms with Crippen molar-refractivity contribution in [3.63, 3.8) is 0 Å². The molecular formula is C23H24N2O4S2. The van der Waals surface area contributed by atoms with Crippen LogP contribution in [0.2, 0.25) is 0 Å². The summed E-state index contributed by atoms with van der Waals surface area (Å²) >= 11 is 1.60. The molecule has 31 heavy (non-hydrogen) atoms. The molecule has 0 spiro atoms. The van der Waals surface area contributed by atoms with E-state index in [0.29, 0.717) is 31.6 Å². The predicted octanol–water partition coefficient (Wildman–Crippen LogP) is 3.48. The van der Waals surface area contributed by atoms with Crippen LogP contribution in [-0.4, -0.2) is 39.4 Å². The highest BCUT2D eigenvalue weighted by Crippen LogP contribution is 2.25. The van der Waals surface area contributed by atoms with Gasteiger partial charge in [0, 0.05) is 30.1 Å². The minimum Gasteiger partial charge on any atom is -0.497 e. The van der Waals surface area contributed by atoms with Crippen LogP contribution in [0.15, 0.2) is 64.9 Å². The van der Waals surface area contributed by atoms with E-state index in [1.807, 2.05) is 35.7 Å². The molecule has 0 unspecified atom stereocenters. The molecule has 0 saturated heterocycles. The largest absolute Gasteiger partial charge is 0.497 e. The maximum atomic E-state index is 13.0. The van der Waals surface area contributed by atoms with E-state index < -0.39 is 10.0 Å². The van der Waals surface area contributed by atoms with Gasteiger partial charge in [0.1, 0.15) is 5.75 Å². The number of sulfonamides is 1. The summed E-state index contributed by atoms with van der Waals surface area (Å²) in [6, 6.07) is 16.0. The molecule has 2 heterocycles. The summed E-state index contributed by atoms with van der Waals surface area (Å²) in [6.07, 6.45) is 1.43. The highest BCUT2D eigenvalue weighted by atomic mass is 32.2. The molecule has 162 valence electrons. The minimum absolute atomic E-state index is 0.108. The van der Waals surface area contributed by atoms with Gasteiger partial charge in [-0.15, -0.1) is 11.3 Å². The Labute approximate surface area is 186 Å². The second kappa shape index (κ2) is 9.21. The third-order valence-electron chi connectivity index (χ3n) is 5.37. The van der Waals surface area contributed by atoms with E-state index in [4.69, 9.17) is 4.74 Å². The number of methoxy groups -OCH3 is 1. The Balaban J connectivity index is 1.40. The molecule has 8 heteroatoms. The first-order chi connectivity index (χ1) is 15.0. The molecule has 0 aliphatic carbocycles. The minimum atomic E-state index is -3.61. The van der Waals surface area contributed by atoms with Gasteiger partial charge in [-0.1, -0.05) is 12.1 Å². The average molecular weight is 457 g/mol. The van der Waals surface area contributed by atoms with Crippen LogP contribution in [0.25, 0.3) is 0 Å². The molecule has 0 atom stereocenters. The average Bonchev–Trinajstić information content (AvgIpc) is 3.31. The van der Waals surface area contributed by atoms with Crippen molar-refractivity contribution in [2.45, 2.75) is 24.3 Å². The van der Waals surface area contributed by atoms with Crippen LogP contribution >= 0.6 is 11.3 Å². The molecule has 1 amide bonds. The van der Waals surface area contributed by atoms with Crippen LogP contribution in [0.5, 0.6) is 5.75 Å². The number of ether oxygens (including phenoxy) is 1. The number of carbonyl (C=O) groups excluding carboxylic acids is 1. The summed E-state index contributed by atoms with van der Waals surface area (Å²) in [7, 11) is -1.99. The number of nitrogens with zero attached hydrogens (tertiary/aromatic N) is 1. The molecule has 1 aromatic heterocycles. The van der Waals surface area contributed by atoms with Gasteiger partial charge in [0.25, 0.3) is 5.91 Å². The monoisotopic (exact) mass is 456 g/mol. The van der Waals surface area contributed by atoms with Gasteiger partial charge in [-0.05, 0) is 71.8 Å². The van der Waals surface area contributed by atoms with Gasteiger partial charge in [0.05, 0.1) is 12.0 Å². The first kappa shape index (κ1) is 21.5.